The van der Waals surface area contributed by atoms with Crippen molar-refractivity contribution in [1.82, 2.24) is 5.23 Å². The van der Waals surface area contributed by atoms with Gasteiger partial charge in [-0.05, 0) is 17.8 Å². The molecule has 0 fully saturated rings. The van der Waals surface area contributed by atoms with Crippen molar-refractivity contribution in [3.05, 3.63) is 54.2 Å². The predicted octanol–water partition coefficient (Wildman–Crippen LogP) is 0.556. The van der Waals surface area contributed by atoms with Gasteiger partial charge in [0, 0.05) is 6.54 Å². The van der Waals surface area contributed by atoms with Crippen molar-refractivity contribution in [2.75, 3.05) is 0 Å². The van der Waals surface area contributed by atoms with Crippen LogP contribution in [0.25, 0.3) is 0 Å². The zero-order valence-corrected chi connectivity index (χ0v) is 7.98. The summed E-state index contributed by atoms with van der Waals surface area (Å²) in [5, 5.41) is 3.27. The van der Waals surface area contributed by atoms with Gasteiger partial charge in [0.05, 0.1) is 0 Å². The third-order valence-electron chi connectivity index (χ3n) is 2.36. The van der Waals surface area contributed by atoms with Gasteiger partial charge in [-0.3, -0.25) is 0 Å². The van der Waals surface area contributed by atoms with E-state index in [1.54, 1.807) is 0 Å². The topological polar surface area (TPSA) is 38.0 Å². The van der Waals surface area contributed by atoms with Crippen LogP contribution in [-0.4, -0.2) is 6.85 Å². The van der Waals surface area contributed by atoms with Gasteiger partial charge < -0.3 is 11.0 Å². The van der Waals surface area contributed by atoms with E-state index < -0.39 is 0 Å². The molecule has 0 unspecified atom stereocenters. The molecular weight excluding hydrogens is 171 g/mol. The van der Waals surface area contributed by atoms with E-state index in [-0.39, 0.29) is 0 Å². The third-order valence-corrected chi connectivity index (χ3v) is 2.36. The smallest absolute Gasteiger partial charge is 0.312 e. The minimum atomic E-state index is 0.298. The maximum atomic E-state index is 5.54. The van der Waals surface area contributed by atoms with Crippen LogP contribution in [0.2, 0.25) is 0 Å². The highest BCUT2D eigenvalue weighted by Gasteiger charge is 2.12. The molecule has 0 aromatic heterocycles. The van der Waals surface area contributed by atoms with E-state index >= 15 is 0 Å². The van der Waals surface area contributed by atoms with Gasteiger partial charge in [0.15, 0.2) is 0 Å². The SMILES string of the molecule is NCc1ccc(B2C=CC=CN2)cc1. The number of hydrogen-bond donors (Lipinski definition) is 2. The van der Waals surface area contributed by atoms with Crippen LogP contribution in [0.3, 0.4) is 0 Å². The molecule has 1 heterocycles. The number of hydrogen-bond acceptors (Lipinski definition) is 2. The normalized spacial score (nSPS) is 14.2. The lowest BCUT2D eigenvalue weighted by Gasteiger charge is -2.12. The Labute approximate surface area is 84.6 Å². The van der Waals surface area contributed by atoms with Crippen molar-refractivity contribution in [2.45, 2.75) is 6.54 Å². The Bertz CT molecular complexity index is 354. The molecule has 0 bridgehead atoms. The van der Waals surface area contributed by atoms with E-state index in [1.807, 2.05) is 12.3 Å². The van der Waals surface area contributed by atoms with Crippen molar-refractivity contribution >= 4 is 12.3 Å². The minimum Gasteiger partial charge on any atom is -0.427 e. The maximum absolute atomic E-state index is 5.54. The second kappa shape index (κ2) is 4.16. The summed E-state index contributed by atoms with van der Waals surface area (Å²) in [6, 6.07) is 8.37. The molecule has 0 spiro atoms. The molecule has 0 saturated carbocycles. The standard InChI is InChI=1S/C11H13BN2/c13-9-10-3-5-11(6-4-10)12-7-1-2-8-14-12/h1-8,14H,9,13H2. The van der Waals surface area contributed by atoms with Crippen LogP contribution in [0.1, 0.15) is 5.56 Å². The van der Waals surface area contributed by atoms with Crippen LogP contribution >= 0.6 is 0 Å². The first-order chi connectivity index (χ1) is 6.90. The van der Waals surface area contributed by atoms with Crippen LogP contribution < -0.4 is 16.4 Å². The minimum absolute atomic E-state index is 0.298. The molecule has 0 aliphatic carbocycles. The van der Waals surface area contributed by atoms with Crippen LogP contribution in [0, 0.1) is 0 Å². The Morgan fingerprint density at radius 1 is 1.14 bits per heavy atom. The molecule has 14 heavy (non-hydrogen) atoms. The van der Waals surface area contributed by atoms with Crippen molar-refractivity contribution in [3.63, 3.8) is 0 Å². The molecule has 1 aromatic rings. The molecule has 2 rings (SSSR count). The third kappa shape index (κ3) is 1.88. The van der Waals surface area contributed by atoms with Crippen molar-refractivity contribution in [1.29, 1.82) is 0 Å². The fraction of sp³-hybridized carbons (Fsp3) is 0.0909. The molecular formula is C11H13BN2. The van der Waals surface area contributed by atoms with E-state index in [1.165, 1.54) is 11.0 Å². The molecule has 70 valence electrons. The molecule has 0 saturated heterocycles. The Morgan fingerprint density at radius 2 is 1.93 bits per heavy atom. The Kier molecular flexibility index (Phi) is 2.70. The second-order valence-electron chi connectivity index (χ2n) is 3.33. The largest absolute Gasteiger partial charge is 0.427 e. The highest BCUT2D eigenvalue weighted by atomic mass is 14.7. The number of rotatable bonds is 2. The van der Waals surface area contributed by atoms with Gasteiger partial charge in [-0.1, -0.05) is 41.8 Å². The molecule has 0 amide bonds. The summed E-state index contributed by atoms with van der Waals surface area (Å²) in [5.74, 6) is 2.14. The fourth-order valence-electron chi connectivity index (χ4n) is 1.51. The van der Waals surface area contributed by atoms with E-state index in [4.69, 9.17) is 5.73 Å². The van der Waals surface area contributed by atoms with Gasteiger partial charge in [0.25, 0.3) is 0 Å². The van der Waals surface area contributed by atoms with Crippen molar-refractivity contribution in [2.24, 2.45) is 5.73 Å². The molecule has 3 heteroatoms. The summed E-state index contributed by atoms with van der Waals surface area (Å²) in [4.78, 5) is 0. The molecule has 3 N–H and O–H groups in total. The first kappa shape index (κ1) is 9.09. The van der Waals surface area contributed by atoms with Crippen molar-refractivity contribution in [3.8, 4) is 0 Å². The van der Waals surface area contributed by atoms with Gasteiger partial charge in [-0.25, -0.2) is 0 Å². The summed E-state index contributed by atoms with van der Waals surface area (Å²) >= 11 is 0. The van der Waals surface area contributed by atoms with Crippen LogP contribution in [0.5, 0.6) is 0 Å². The molecule has 1 aliphatic rings. The highest BCUT2D eigenvalue weighted by Crippen LogP contribution is 1.97. The van der Waals surface area contributed by atoms with Gasteiger partial charge in [-0.2, -0.15) is 0 Å². The summed E-state index contributed by atoms with van der Waals surface area (Å²) in [6.07, 6.45) is 6.00. The van der Waals surface area contributed by atoms with E-state index in [2.05, 4.69) is 41.5 Å². The molecule has 1 aromatic carbocycles. The first-order valence-corrected chi connectivity index (χ1v) is 4.78. The van der Waals surface area contributed by atoms with Gasteiger partial charge in [0.1, 0.15) is 0 Å². The zero-order chi connectivity index (χ0) is 9.80. The predicted molar refractivity (Wildman–Crippen MR) is 61.1 cm³/mol. The molecule has 0 radical (unpaired) electrons. The number of allylic oxidation sites excluding steroid dienone is 2. The summed E-state index contributed by atoms with van der Waals surface area (Å²) in [7, 11) is 0. The van der Waals surface area contributed by atoms with E-state index in [0.717, 1.165) is 0 Å². The number of nitrogens with one attached hydrogen (secondary N) is 1. The lowest BCUT2D eigenvalue weighted by molar-refractivity contribution is 1.07. The average molecular weight is 184 g/mol. The van der Waals surface area contributed by atoms with Gasteiger partial charge in [-0.15, -0.1) is 0 Å². The first-order valence-electron chi connectivity index (χ1n) is 4.78. The zero-order valence-electron chi connectivity index (χ0n) is 7.98. The number of nitrogens with two attached hydrogens (primary N) is 1. The number of benzene rings is 1. The lowest BCUT2D eigenvalue weighted by Crippen LogP contribution is -2.41. The van der Waals surface area contributed by atoms with Crippen molar-refractivity contribution < 1.29 is 0 Å². The summed E-state index contributed by atoms with van der Waals surface area (Å²) < 4.78 is 0. The van der Waals surface area contributed by atoms with Crippen LogP contribution in [-0.2, 0) is 6.54 Å². The van der Waals surface area contributed by atoms with Gasteiger partial charge >= 0.3 is 6.85 Å². The monoisotopic (exact) mass is 184 g/mol. The quantitative estimate of drug-likeness (QED) is 0.659. The second-order valence-corrected chi connectivity index (χ2v) is 3.33. The van der Waals surface area contributed by atoms with Gasteiger partial charge in [0.2, 0.25) is 0 Å². The fourth-order valence-corrected chi connectivity index (χ4v) is 1.51. The Hall–Kier alpha value is -1.48. The highest BCUT2D eigenvalue weighted by molar-refractivity contribution is 6.76. The summed E-state index contributed by atoms with van der Waals surface area (Å²) in [5.41, 5.74) is 7.97. The van der Waals surface area contributed by atoms with Crippen LogP contribution in [0.4, 0.5) is 0 Å². The lowest BCUT2D eigenvalue weighted by atomic mass is 9.55. The summed E-state index contributed by atoms with van der Waals surface area (Å²) in [6.45, 7) is 0.903. The van der Waals surface area contributed by atoms with Crippen LogP contribution in [0.15, 0.2) is 48.6 Å². The Balaban J connectivity index is 2.16. The average Bonchev–Trinajstić information content (AvgIpc) is 2.30. The maximum Gasteiger partial charge on any atom is 0.312 e. The van der Waals surface area contributed by atoms with E-state index in [0.29, 0.717) is 13.4 Å². The molecule has 0 atom stereocenters. The Morgan fingerprint density at radius 3 is 2.50 bits per heavy atom. The van der Waals surface area contributed by atoms with E-state index in [9.17, 15) is 0 Å². The molecule has 1 aliphatic heterocycles. The molecule has 2 nitrogen and oxygen atoms in total.